The fraction of sp³-hybridized carbons (Fsp3) is 0.278. The highest BCUT2D eigenvalue weighted by molar-refractivity contribution is 7.99. The van der Waals surface area contributed by atoms with Crippen LogP contribution >= 0.6 is 35.0 Å². The summed E-state index contributed by atoms with van der Waals surface area (Å²) >= 11 is 13.2. The van der Waals surface area contributed by atoms with Gasteiger partial charge in [-0.3, -0.25) is 4.79 Å². The molecule has 0 unspecified atom stereocenters. The summed E-state index contributed by atoms with van der Waals surface area (Å²) in [5.41, 5.74) is 1.50. The Hall–Kier alpha value is -1.96. The third-order valence-corrected chi connectivity index (χ3v) is 5.51. The third kappa shape index (κ3) is 4.66. The van der Waals surface area contributed by atoms with Crippen LogP contribution in [0.2, 0.25) is 10.0 Å². The number of carbonyl (C=O) groups excluding carboxylic acids is 1. The lowest BCUT2D eigenvalue weighted by Gasteiger charge is -2.09. The second kappa shape index (κ2) is 8.82. The first-order valence-electron chi connectivity index (χ1n) is 8.35. The first-order chi connectivity index (χ1) is 13.0. The van der Waals surface area contributed by atoms with Crippen LogP contribution in [0.5, 0.6) is 0 Å². The predicted molar refractivity (Wildman–Crippen MR) is 109 cm³/mol. The Morgan fingerprint density at radius 1 is 1.26 bits per heavy atom. The molecule has 0 saturated carbocycles. The van der Waals surface area contributed by atoms with Crippen LogP contribution in [0, 0.1) is 6.92 Å². The molecule has 0 fully saturated rings. The number of amides is 1. The van der Waals surface area contributed by atoms with Crippen LogP contribution in [-0.2, 0) is 11.3 Å². The molecular formula is C18H18Cl2N4O2S. The van der Waals surface area contributed by atoms with E-state index < -0.39 is 0 Å². The van der Waals surface area contributed by atoms with Crippen LogP contribution in [0.25, 0.3) is 11.4 Å². The molecule has 9 heteroatoms. The highest BCUT2D eigenvalue weighted by Crippen LogP contribution is 2.28. The van der Waals surface area contributed by atoms with Gasteiger partial charge in [0.05, 0.1) is 27.6 Å². The molecule has 0 aliphatic heterocycles. The Balaban J connectivity index is 1.70. The van der Waals surface area contributed by atoms with E-state index in [1.165, 1.54) is 11.8 Å². The number of hydrogen-bond acceptors (Lipinski definition) is 5. The smallest absolute Gasteiger partial charge is 0.234 e. The van der Waals surface area contributed by atoms with Crippen molar-refractivity contribution in [2.24, 2.45) is 0 Å². The molecule has 2 aromatic heterocycles. The molecular weight excluding hydrogens is 407 g/mol. The molecule has 3 rings (SSSR count). The van der Waals surface area contributed by atoms with Gasteiger partial charge in [0, 0.05) is 12.2 Å². The second-order valence-electron chi connectivity index (χ2n) is 5.81. The van der Waals surface area contributed by atoms with E-state index in [1.54, 1.807) is 24.5 Å². The van der Waals surface area contributed by atoms with Crippen molar-refractivity contribution in [1.29, 1.82) is 0 Å². The van der Waals surface area contributed by atoms with Gasteiger partial charge in [0.15, 0.2) is 11.0 Å². The quantitative estimate of drug-likeness (QED) is 0.521. The molecule has 1 N–H and O–H groups in total. The summed E-state index contributed by atoms with van der Waals surface area (Å²) in [6, 6.07) is 6.84. The normalized spacial score (nSPS) is 11.0. The number of carbonyl (C=O) groups is 1. The van der Waals surface area contributed by atoms with Gasteiger partial charge < -0.3 is 14.3 Å². The minimum Gasteiger partial charge on any atom is -0.469 e. The maximum absolute atomic E-state index is 12.3. The zero-order chi connectivity index (χ0) is 19.4. The van der Waals surface area contributed by atoms with Gasteiger partial charge in [0.2, 0.25) is 5.91 Å². The molecule has 1 aromatic carbocycles. The van der Waals surface area contributed by atoms with Gasteiger partial charge in [-0.2, -0.15) is 0 Å². The maximum atomic E-state index is 12.3. The van der Waals surface area contributed by atoms with Gasteiger partial charge >= 0.3 is 0 Å². The number of hydrogen-bond donors (Lipinski definition) is 1. The first kappa shape index (κ1) is 19.8. The number of nitrogens with zero attached hydrogens (tertiary/aromatic N) is 3. The molecule has 0 aliphatic carbocycles. The van der Waals surface area contributed by atoms with E-state index in [0.717, 1.165) is 30.1 Å². The van der Waals surface area contributed by atoms with Crippen LogP contribution in [0.3, 0.4) is 0 Å². The van der Waals surface area contributed by atoms with Crippen LogP contribution in [-0.4, -0.2) is 26.4 Å². The first-order valence-corrected chi connectivity index (χ1v) is 10.1. The third-order valence-electron chi connectivity index (χ3n) is 3.80. The molecule has 3 aromatic rings. The zero-order valence-electron chi connectivity index (χ0n) is 14.8. The van der Waals surface area contributed by atoms with Gasteiger partial charge in [-0.1, -0.05) is 41.9 Å². The van der Waals surface area contributed by atoms with E-state index >= 15 is 0 Å². The van der Waals surface area contributed by atoms with Gasteiger partial charge in [0.1, 0.15) is 5.76 Å². The maximum Gasteiger partial charge on any atom is 0.234 e. The lowest BCUT2D eigenvalue weighted by molar-refractivity contribution is -0.113. The number of aryl methyl sites for hydroxylation is 1. The van der Waals surface area contributed by atoms with Crippen molar-refractivity contribution < 1.29 is 9.21 Å². The summed E-state index contributed by atoms with van der Waals surface area (Å²) in [6.45, 7) is 4.72. The molecule has 0 atom stereocenters. The van der Waals surface area contributed by atoms with E-state index in [1.807, 2.05) is 17.6 Å². The van der Waals surface area contributed by atoms with Crippen LogP contribution in [0.1, 0.15) is 19.1 Å². The molecule has 0 bridgehead atoms. The van der Waals surface area contributed by atoms with Gasteiger partial charge in [-0.15, -0.1) is 10.2 Å². The van der Waals surface area contributed by atoms with E-state index in [2.05, 4.69) is 22.4 Å². The number of rotatable bonds is 7. The average molecular weight is 425 g/mol. The Bertz CT molecular complexity index is 955. The highest BCUT2D eigenvalue weighted by atomic mass is 35.5. The topological polar surface area (TPSA) is 73.0 Å². The minimum absolute atomic E-state index is 0.162. The van der Waals surface area contributed by atoms with Gasteiger partial charge in [-0.25, -0.2) is 0 Å². The van der Waals surface area contributed by atoms with E-state index in [-0.39, 0.29) is 11.7 Å². The SMILES string of the molecule is CCCn1c(SCC(=O)Nc2ccc(Cl)c(Cl)c2)nnc1-c1ccoc1C. The average Bonchev–Trinajstić information content (AvgIpc) is 3.22. The number of halogens is 2. The number of thioether (sulfide) groups is 1. The lowest BCUT2D eigenvalue weighted by Crippen LogP contribution is -2.14. The van der Waals surface area contributed by atoms with E-state index in [9.17, 15) is 4.79 Å². The van der Waals surface area contributed by atoms with Crippen LogP contribution < -0.4 is 5.32 Å². The minimum atomic E-state index is -0.162. The molecule has 142 valence electrons. The van der Waals surface area contributed by atoms with Crippen molar-refractivity contribution in [2.75, 3.05) is 11.1 Å². The standard InChI is InChI=1S/C18H18Cl2N4O2S/c1-3-7-24-17(13-6-8-26-11(13)2)22-23-18(24)27-10-16(25)21-12-4-5-14(19)15(20)9-12/h4-6,8-9H,3,7,10H2,1-2H3,(H,21,25). The number of benzene rings is 1. The number of furan rings is 1. The van der Waals surface area contributed by atoms with Crippen molar-refractivity contribution in [3.8, 4) is 11.4 Å². The predicted octanol–water partition coefficient (Wildman–Crippen LogP) is 5.29. The van der Waals surface area contributed by atoms with E-state index in [0.29, 0.717) is 20.9 Å². The summed E-state index contributed by atoms with van der Waals surface area (Å²) in [7, 11) is 0. The number of nitrogens with one attached hydrogen (secondary N) is 1. The number of anilines is 1. The highest BCUT2D eigenvalue weighted by Gasteiger charge is 2.18. The van der Waals surface area contributed by atoms with Gasteiger partial charge in [-0.05, 0) is 37.6 Å². The fourth-order valence-electron chi connectivity index (χ4n) is 2.54. The summed E-state index contributed by atoms with van der Waals surface area (Å²) in [5.74, 6) is 1.57. The summed E-state index contributed by atoms with van der Waals surface area (Å²) in [6.07, 6.45) is 2.55. The van der Waals surface area contributed by atoms with Crippen molar-refractivity contribution in [3.05, 3.63) is 46.3 Å². The largest absolute Gasteiger partial charge is 0.469 e. The van der Waals surface area contributed by atoms with Crippen LogP contribution in [0.15, 0.2) is 40.1 Å². The fourth-order valence-corrected chi connectivity index (χ4v) is 3.60. The van der Waals surface area contributed by atoms with E-state index in [4.69, 9.17) is 27.6 Å². The molecule has 0 saturated heterocycles. The Morgan fingerprint density at radius 3 is 2.74 bits per heavy atom. The Morgan fingerprint density at radius 2 is 2.07 bits per heavy atom. The molecule has 27 heavy (non-hydrogen) atoms. The summed E-state index contributed by atoms with van der Waals surface area (Å²) in [5, 5.41) is 12.9. The summed E-state index contributed by atoms with van der Waals surface area (Å²) in [4.78, 5) is 12.3. The van der Waals surface area contributed by atoms with Crippen molar-refractivity contribution in [3.63, 3.8) is 0 Å². The van der Waals surface area contributed by atoms with Crippen molar-refractivity contribution in [1.82, 2.24) is 14.8 Å². The van der Waals surface area contributed by atoms with Crippen molar-refractivity contribution in [2.45, 2.75) is 32.0 Å². The molecule has 1 amide bonds. The Kier molecular flexibility index (Phi) is 6.46. The lowest BCUT2D eigenvalue weighted by atomic mass is 10.2. The van der Waals surface area contributed by atoms with Crippen LogP contribution in [0.4, 0.5) is 5.69 Å². The zero-order valence-corrected chi connectivity index (χ0v) is 17.2. The molecule has 2 heterocycles. The monoisotopic (exact) mass is 424 g/mol. The molecule has 0 spiro atoms. The number of aromatic nitrogens is 3. The molecule has 0 aliphatic rings. The molecule has 6 nitrogen and oxygen atoms in total. The summed E-state index contributed by atoms with van der Waals surface area (Å²) < 4.78 is 7.38. The Labute approximate surface area is 171 Å². The van der Waals surface area contributed by atoms with Gasteiger partial charge in [0.25, 0.3) is 0 Å². The second-order valence-corrected chi connectivity index (χ2v) is 7.57. The van der Waals surface area contributed by atoms with Crippen molar-refractivity contribution >= 4 is 46.6 Å². The molecule has 0 radical (unpaired) electrons.